The largest absolute Gasteiger partial charge is 0.496 e. The molecule has 4 heteroatoms. The molecule has 0 aliphatic rings. The molecule has 1 aromatic heterocycles. The van der Waals surface area contributed by atoms with E-state index in [0.717, 1.165) is 26.9 Å². The summed E-state index contributed by atoms with van der Waals surface area (Å²) in [7, 11) is 1.68. The van der Waals surface area contributed by atoms with Gasteiger partial charge in [0.1, 0.15) is 10.8 Å². The van der Waals surface area contributed by atoms with Crippen molar-refractivity contribution in [3.63, 3.8) is 0 Å². The first-order valence-corrected chi connectivity index (χ1v) is 6.72. The second kappa shape index (κ2) is 5.08. The normalized spacial score (nSPS) is 12.5. The van der Waals surface area contributed by atoms with Crippen LogP contribution in [0, 0.1) is 13.8 Å². The maximum absolute atomic E-state index is 5.95. The van der Waals surface area contributed by atoms with Crippen molar-refractivity contribution in [2.75, 3.05) is 7.11 Å². The fraction of sp³-hybridized carbons (Fsp3) is 0.357. The number of methoxy groups -OCH3 is 1. The lowest BCUT2D eigenvalue weighted by molar-refractivity contribution is 0.416. The third-order valence-corrected chi connectivity index (χ3v) is 4.22. The van der Waals surface area contributed by atoms with Gasteiger partial charge in [0.25, 0.3) is 0 Å². The second-order valence-electron chi connectivity index (χ2n) is 4.46. The molecule has 96 valence electrons. The Hall–Kier alpha value is -1.39. The fourth-order valence-electron chi connectivity index (χ4n) is 1.93. The van der Waals surface area contributed by atoms with Crippen molar-refractivity contribution >= 4 is 11.3 Å². The summed E-state index contributed by atoms with van der Waals surface area (Å²) in [6.45, 7) is 6.05. The third-order valence-electron chi connectivity index (χ3n) is 2.83. The number of rotatable bonds is 3. The average molecular weight is 262 g/mol. The lowest BCUT2D eigenvalue weighted by atomic mass is 10.1. The van der Waals surface area contributed by atoms with Crippen LogP contribution in [-0.2, 0) is 0 Å². The quantitative estimate of drug-likeness (QED) is 0.921. The first kappa shape index (κ1) is 13.1. The summed E-state index contributed by atoms with van der Waals surface area (Å²) < 4.78 is 5.40. The van der Waals surface area contributed by atoms with E-state index < -0.39 is 0 Å². The van der Waals surface area contributed by atoms with Gasteiger partial charge in [-0.2, -0.15) is 0 Å². The summed E-state index contributed by atoms with van der Waals surface area (Å²) in [5.74, 6) is 0.852. The van der Waals surface area contributed by atoms with Gasteiger partial charge in [0.2, 0.25) is 0 Å². The predicted octanol–water partition coefficient (Wildman–Crippen LogP) is 3.46. The molecule has 1 atom stereocenters. The molecule has 1 heterocycles. The minimum atomic E-state index is 0.0204. The lowest BCUT2D eigenvalue weighted by Gasteiger charge is -2.06. The third kappa shape index (κ3) is 2.40. The minimum absolute atomic E-state index is 0.0204. The zero-order valence-electron chi connectivity index (χ0n) is 11.2. The molecule has 0 bridgehead atoms. The summed E-state index contributed by atoms with van der Waals surface area (Å²) in [6, 6.07) is 6.14. The standard InChI is InChI=1S/C14H18N2OS/c1-8-5-6-12(17-4)11(7-8)14-16-10(3)13(18-14)9(2)15/h5-7,9H,15H2,1-4H3. The van der Waals surface area contributed by atoms with Gasteiger partial charge in [0.15, 0.2) is 0 Å². The Balaban J connectivity index is 2.54. The topological polar surface area (TPSA) is 48.1 Å². The summed E-state index contributed by atoms with van der Waals surface area (Å²) in [5, 5.41) is 0.973. The van der Waals surface area contributed by atoms with Crippen LogP contribution < -0.4 is 10.5 Å². The smallest absolute Gasteiger partial charge is 0.129 e. The summed E-state index contributed by atoms with van der Waals surface area (Å²) >= 11 is 1.64. The van der Waals surface area contributed by atoms with Crippen LogP contribution in [0.3, 0.4) is 0 Å². The Morgan fingerprint density at radius 3 is 2.61 bits per heavy atom. The molecule has 1 unspecified atom stereocenters. The number of hydrogen-bond acceptors (Lipinski definition) is 4. The van der Waals surface area contributed by atoms with E-state index in [0.29, 0.717) is 0 Å². The van der Waals surface area contributed by atoms with Crippen molar-refractivity contribution in [1.29, 1.82) is 0 Å². The van der Waals surface area contributed by atoms with Crippen LogP contribution in [0.15, 0.2) is 18.2 Å². The summed E-state index contributed by atoms with van der Waals surface area (Å²) in [4.78, 5) is 5.74. The van der Waals surface area contributed by atoms with E-state index in [1.807, 2.05) is 26.0 Å². The van der Waals surface area contributed by atoms with Crippen molar-refractivity contribution in [2.45, 2.75) is 26.8 Å². The summed E-state index contributed by atoms with van der Waals surface area (Å²) in [5.41, 5.74) is 9.19. The van der Waals surface area contributed by atoms with E-state index in [4.69, 9.17) is 10.5 Å². The fourth-order valence-corrected chi connectivity index (χ4v) is 2.97. The second-order valence-corrected chi connectivity index (χ2v) is 5.49. The minimum Gasteiger partial charge on any atom is -0.496 e. The number of hydrogen-bond donors (Lipinski definition) is 1. The SMILES string of the molecule is COc1ccc(C)cc1-c1nc(C)c(C(C)N)s1. The van der Waals surface area contributed by atoms with E-state index in [-0.39, 0.29) is 6.04 Å². The Kier molecular flexibility index (Phi) is 3.68. The first-order valence-electron chi connectivity index (χ1n) is 5.91. The van der Waals surface area contributed by atoms with Crippen LogP contribution in [-0.4, -0.2) is 12.1 Å². The summed E-state index contributed by atoms with van der Waals surface area (Å²) in [6.07, 6.45) is 0. The van der Waals surface area contributed by atoms with Crippen LogP contribution in [0.2, 0.25) is 0 Å². The van der Waals surface area contributed by atoms with E-state index in [9.17, 15) is 0 Å². The van der Waals surface area contributed by atoms with Crippen LogP contribution in [0.5, 0.6) is 5.75 Å². The molecule has 3 nitrogen and oxygen atoms in total. The van der Waals surface area contributed by atoms with E-state index in [1.165, 1.54) is 5.56 Å². The molecule has 2 aromatic rings. The molecule has 2 N–H and O–H groups in total. The van der Waals surface area contributed by atoms with Crippen LogP contribution in [0.1, 0.15) is 29.1 Å². The Morgan fingerprint density at radius 1 is 1.33 bits per heavy atom. The van der Waals surface area contributed by atoms with Gasteiger partial charge in [-0.05, 0) is 32.9 Å². The Bertz CT molecular complexity index is 561. The van der Waals surface area contributed by atoms with Gasteiger partial charge in [-0.25, -0.2) is 4.98 Å². The molecule has 0 radical (unpaired) electrons. The molecular formula is C14H18N2OS. The number of aromatic nitrogens is 1. The highest BCUT2D eigenvalue weighted by Gasteiger charge is 2.15. The highest BCUT2D eigenvalue weighted by molar-refractivity contribution is 7.15. The molecule has 0 amide bonds. The van der Waals surface area contributed by atoms with Crippen LogP contribution in [0.25, 0.3) is 10.6 Å². The van der Waals surface area contributed by atoms with Gasteiger partial charge in [0, 0.05) is 10.9 Å². The monoisotopic (exact) mass is 262 g/mol. The van der Waals surface area contributed by atoms with Gasteiger partial charge in [0.05, 0.1) is 18.4 Å². The Morgan fingerprint density at radius 2 is 2.06 bits per heavy atom. The molecule has 1 aromatic carbocycles. The molecule has 2 rings (SSSR count). The molecule has 0 spiro atoms. The predicted molar refractivity (Wildman–Crippen MR) is 76.2 cm³/mol. The van der Waals surface area contributed by atoms with E-state index >= 15 is 0 Å². The van der Waals surface area contributed by atoms with Crippen molar-refractivity contribution in [1.82, 2.24) is 4.98 Å². The van der Waals surface area contributed by atoms with Crippen molar-refractivity contribution in [2.24, 2.45) is 5.73 Å². The molecule has 0 fully saturated rings. The highest BCUT2D eigenvalue weighted by Crippen LogP contribution is 2.36. The number of aryl methyl sites for hydroxylation is 2. The maximum atomic E-state index is 5.95. The van der Waals surface area contributed by atoms with Gasteiger partial charge in [-0.15, -0.1) is 11.3 Å². The number of nitrogens with two attached hydrogens (primary N) is 1. The maximum Gasteiger partial charge on any atom is 0.129 e. The van der Waals surface area contributed by atoms with Gasteiger partial charge < -0.3 is 10.5 Å². The number of nitrogens with zero attached hydrogens (tertiary/aromatic N) is 1. The van der Waals surface area contributed by atoms with Crippen molar-refractivity contribution in [3.8, 4) is 16.3 Å². The van der Waals surface area contributed by atoms with Crippen LogP contribution in [0.4, 0.5) is 0 Å². The zero-order valence-corrected chi connectivity index (χ0v) is 12.0. The zero-order chi connectivity index (χ0) is 13.3. The van der Waals surface area contributed by atoms with Crippen LogP contribution >= 0.6 is 11.3 Å². The van der Waals surface area contributed by atoms with Gasteiger partial charge in [-0.3, -0.25) is 0 Å². The molecule has 18 heavy (non-hydrogen) atoms. The average Bonchev–Trinajstić information content (AvgIpc) is 2.71. The van der Waals surface area contributed by atoms with Crippen molar-refractivity contribution in [3.05, 3.63) is 34.3 Å². The highest BCUT2D eigenvalue weighted by atomic mass is 32.1. The Labute approximate surface area is 112 Å². The number of ether oxygens (including phenoxy) is 1. The molecule has 0 aliphatic carbocycles. The molecule has 0 saturated heterocycles. The number of benzene rings is 1. The first-order chi connectivity index (χ1) is 8.52. The van der Waals surface area contributed by atoms with E-state index in [1.54, 1.807) is 18.4 Å². The molecular weight excluding hydrogens is 244 g/mol. The number of thiazole rings is 1. The molecule has 0 aliphatic heterocycles. The van der Waals surface area contributed by atoms with Crippen molar-refractivity contribution < 1.29 is 4.74 Å². The van der Waals surface area contributed by atoms with E-state index in [2.05, 4.69) is 18.0 Å². The van der Waals surface area contributed by atoms with Gasteiger partial charge >= 0.3 is 0 Å². The lowest BCUT2D eigenvalue weighted by Crippen LogP contribution is -2.03. The van der Waals surface area contributed by atoms with Gasteiger partial charge in [-0.1, -0.05) is 11.6 Å². The molecule has 0 saturated carbocycles.